The largest absolute Gasteiger partial charge is 0.543 e. The minimum atomic E-state index is -2.45. The van der Waals surface area contributed by atoms with Gasteiger partial charge < -0.3 is 28.5 Å². The summed E-state index contributed by atoms with van der Waals surface area (Å²) in [6, 6.07) is 15.3. The number of carbonyl (C=O) groups is 3. The average Bonchev–Trinajstić information content (AvgIpc) is 3.53. The fraction of sp³-hybridized carbons (Fsp3) is 0.569. The van der Waals surface area contributed by atoms with Crippen molar-refractivity contribution in [2.45, 2.75) is 163 Å². The van der Waals surface area contributed by atoms with Crippen molar-refractivity contribution in [1.82, 2.24) is 25.3 Å². The second-order valence-corrected chi connectivity index (χ2v) is 25.9. The van der Waals surface area contributed by atoms with E-state index in [0.717, 1.165) is 55.9 Å². The summed E-state index contributed by atoms with van der Waals surface area (Å²) in [5.41, 5.74) is 10.7. The Morgan fingerprint density at radius 2 is 1.70 bits per heavy atom. The van der Waals surface area contributed by atoms with E-state index in [9.17, 15) is 14.4 Å². The quantitative estimate of drug-likeness (QED) is 0.118. The van der Waals surface area contributed by atoms with Crippen molar-refractivity contribution in [3.63, 3.8) is 0 Å². The lowest BCUT2D eigenvalue weighted by molar-refractivity contribution is -0.155. The van der Waals surface area contributed by atoms with Crippen LogP contribution < -0.4 is 15.2 Å². The molecule has 4 aromatic rings. The Balaban J connectivity index is 1.64. The minimum absolute atomic E-state index is 0.147. The van der Waals surface area contributed by atoms with E-state index in [4.69, 9.17) is 23.6 Å². The highest BCUT2D eigenvalue weighted by molar-refractivity contribution is 6.78. The Morgan fingerprint density at radius 3 is 2.34 bits per heavy atom. The Hall–Kier alpha value is -4.72. The second-order valence-electron chi connectivity index (χ2n) is 20.6. The van der Waals surface area contributed by atoms with Gasteiger partial charge in [-0.05, 0) is 129 Å². The lowest BCUT2D eigenvalue weighted by atomic mass is 9.84. The summed E-state index contributed by atoms with van der Waals surface area (Å²) in [6.45, 7) is 28.7. The van der Waals surface area contributed by atoms with Crippen LogP contribution in [-0.4, -0.2) is 78.8 Å². The number of hydrogen-bond donors (Lipinski definition) is 2. The molecule has 0 aliphatic carbocycles. The molecule has 2 aliphatic rings. The molecule has 6 rings (SSSR count). The molecule has 2 aliphatic heterocycles. The average molecular weight is 896 g/mol. The molecule has 0 saturated carbocycles. The van der Waals surface area contributed by atoms with Gasteiger partial charge in [-0.15, -0.1) is 0 Å². The van der Waals surface area contributed by atoms with Crippen molar-refractivity contribution in [1.29, 1.82) is 0 Å². The predicted molar refractivity (Wildman–Crippen MR) is 257 cm³/mol. The van der Waals surface area contributed by atoms with Crippen LogP contribution >= 0.6 is 0 Å². The zero-order valence-electron chi connectivity index (χ0n) is 40.8. The van der Waals surface area contributed by atoms with Gasteiger partial charge in [0, 0.05) is 54.7 Å². The highest BCUT2D eigenvalue weighted by atomic mass is 28.4. The fourth-order valence-electron chi connectivity index (χ4n) is 10.1. The van der Waals surface area contributed by atoms with Crippen molar-refractivity contribution in [3.8, 4) is 28.1 Å². The Bertz CT molecular complexity index is 2310. The molecule has 0 spiro atoms. The number of benzene rings is 2. The first-order valence-electron chi connectivity index (χ1n) is 23.3. The van der Waals surface area contributed by atoms with Crippen molar-refractivity contribution < 1.29 is 33.0 Å². The molecule has 348 valence electrons. The summed E-state index contributed by atoms with van der Waals surface area (Å²) in [5.74, 6) is -0.0493. The van der Waals surface area contributed by atoms with Gasteiger partial charge in [-0.1, -0.05) is 67.5 Å². The van der Waals surface area contributed by atoms with Gasteiger partial charge in [0.25, 0.3) is 14.2 Å². The molecule has 13 heteroatoms. The summed E-state index contributed by atoms with van der Waals surface area (Å²) >= 11 is 0. The normalized spacial score (nSPS) is 19.2. The lowest BCUT2D eigenvalue weighted by Crippen LogP contribution is -2.60. The Morgan fingerprint density at radius 1 is 1.00 bits per heavy atom. The third-order valence-corrected chi connectivity index (χ3v) is 19.0. The predicted octanol–water partition coefficient (Wildman–Crippen LogP) is 10.7. The molecule has 2 aromatic heterocycles. The molecule has 2 amide bonds. The van der Waals surface area contributed by atoms with Crippen LogP contribution in [0.3, 0.4) is 0 Å². The number of nitrogens with one attached hydrogen (secondary N) is 2. The van der Waals surface area contributed by atoms with Crippen molar-refractivity contribution in [2.24, 2.45) is 5.41 Å². The summed E-state index contributed by atoms with van der Waals surface area (Å²) < 4.78 is 27.5. The van der Waals surface area contributed by atoms with E-state index in [2.05, 4.69) is 114 Å². The monoisotopic (exact) mass is 896 g/mol. The van der Waals surface area contributed by atoms with E-state index in [1.807, 2.05) is 25.3 Å². The number of esters is 1. The first-order valence-corrected chi connectivity index (χ1v) is 25.4. The molecule has 2 aromatic carbocycles. The smallest absolute Gasteiger partial charge is 0.408 e. The maximum Gasteiger partial charge on any atom is 0.408 e. The van der Waals surface area contributed by atoms with Crippen LogP contribution in [0.5, 0.6) is 5.75 Å². The first kappa shape index (κ1) is 48.7. The van der Waals surface area contributed by atoms with Crippen molar-refractivity contribution >= 4 is 37.2 Å². The van der Waals surface area contributed by atoms with E-state index in [1.54, 1.807) is 27.9 Å². The van der Waals surface area contributed by atoms with Gasteiger partial charge in [0.05, 0.1) is 24.1 Å². The Labute approximate surface area is 382 Å². The van der Waals surface area contributed by atoms with Gasteiger partial charge in [0.15, 0.2) is 0 Å². The van der Waals surface area contributed by atoms with Crippen LogP contribution in [0.15, 0.2) is 54.7 Å². The van der Waals surface area contributed by atoms with E-state index in [-0.39, 0.29) is 25.0 Å². The highest BCUT2D eigenvalue weighted by Crippen LogP contribution is 2.45. The third kappa shape index (κ3) is 10.4. The Kier molecular flexibility index (Phi) is 14.8. The number of nitrogens with zero attached hydrogens (tertiary/aromatic N) is 3. The van der Waals surface area contributed by atoms with E-state index in [1.165, 1.54) is 5.01 Å². The number of alkyl carbamates (subject to hydrolysis) is 1. The number of cyclic esters (lactones) is 1. The molecule has 6 bridgehead atoms. The van der Waals surface area contributed by atoms with E-state index < -0.39 is 43.5 Å². The maximum absolute atomic E-state index is 14.6. The minimum Gasteiger partial charge on any atom is -0.543 e. The third-order valence-electron chi connectivity index (χ3n) is 13.0. The molecule has 12 nitrogen and oxygen atoms in total. The first-order chi connectivity index (χ1) is 30.1. The number of rotatable bonds is 10. The summed E-state index contributed by atoms with van der Waals surface area (Å²) in [4.78, 5) is 46.9. The molecule has 0 radical (unpaired) electrons. The molecule has 1 fully saturated rings. The molecule has 64 heavy (non-hydrogen) atoms. The van der Waals surface area contributed by atoms with Gasteiger partial charge in [-0.25, -0.2) is 10.2 Å². The van der Waals surface area contributed by atoms with Crippen molar-refractivity contribution in [2.75, 3.05) is 20.3 Å². The number of ether oxygens (including phenoxy) is 3. The van der Waals surface area contributed by atoms with E-state index in [0.29, 0.717) is 49.0 Å². The van der Waals surface area contributed by atoms with Gasteiger partial charge in [-0.3, -0.25) is 19.6 Å². The standard InChI is InChI=1S/C51H73N5O7Si/c1-15-55-44-21-20-36-28-40(44)41(46(55)39-18-16-22-52-45(39)34(8)60-14)29-51(12,13)30-61-48(58)42-19-17-23-56(54-42)47(57)43(53-49(59)62-50(9,10)11)26-35-24-37(36)27-38(25-35)63-64(31(2)3,32(4)5)33(6)7/h16,18,20-22,24-25,27-28,31-34,42-43,54H,15,17,19,23,26,29-30H2,1-14H3,(H,53,59)/t34-,42-,43-/m0/s1. The number of hydrogen-bond acceptors (Lipinski definition) is 9. The molecule has 2 N–H and O–H groups in total. The molecule has 4 heterocycles. The van der Waals surface area contributed by atoms with Crippen LogP contribution in [0.25, 0.3) is 33.3 Å². The van der Waals surface area contributed by atoms with Gasteiger partial charge in [-0.2, -0.15) is 0 Å². The maximum atomic E-state index is 14.6. The number of hydrazine groups is 1. The van der Waals surface area contributed by atoms with E-state index >= 15 is 0 Å². The molecular formula is C51H73N5O7Si. The SMILES string of the molecule is CCn1c(-c2cccnc2[C@H](C)OC)c2c3cc(ccc31)-c1cc(cc(O[Si](C(C)C)(C(C)C)C(C)C)c1)C[C@H](NC(=O)OC(C)(C)C)C(=O)N1CCC[C@H](N1)C(=O)OCC(C)(C)C2. The van der Waals surface area contributed by atoms with Crippen LogP contribution in [0, 0.1) is 5.41 Å². The van der Waals surface area contributed by atoms with Crippen molar-refractivity contribution in [3.05, 3.63) is 71.5 Å². The number of pyridine rings is 1. The molecule has 1 saturated heterocycles. The lowest BCUT2D eigenvalue weighted by Gasteiger charge is -2.42. The number of carbonyl (C=O) groups excluding carboxylic acids is 3. The summed E-state index contributed by atoms with van der Waals surface area (Å²) in [6.07, 6.45) is 2.68. The summed E-state index contributed by atoms with van der Waals surface area (Å²) in [7, 11) is -0.746. The molecule has 0 unspecified atom stereocenters. The van der Waals surface area contributed by atoms with Gasteiger partial charge in [0.1, 0.15) is 23.4 Å². The number of aromatic nitrogens is 2. The number of methoxy groups -OCH3 is 1. The zero-order chi connectivity index (χ0) is 46.9. The van der Waals surface area contributed by atoms with Gasteiger partial charge >= 0.3 is 12.1 Å². The van der Waals surface area contributed by atoms with Crippen LogP contribution in [0.2, 0.25) is 16.6 Å². The van der Waals surface area contributed by atoms with Gasteiger partial charge in [0.2, 0.25) is 0 Å². The number of fused-ring (bicyclic) bond motifs is 6. The number of amides is 2. The summed E-state index contributed by atoms with van der Waals surface area (Å²) in [5, 5.41) is 5.46. The molecular weight excluding hydrogens is 823 g/mol. The highest BCUT2D eigenvalue weighted by Gasteiger charge is 2.47. The molecule has 3 atom stereocenters. The van der Waals surface area contributed by atoms with Crippen LogP contribution in [0.4, 0.5) is 4.79 Å². The van der Waals surface area contributed by atoms with Crippen LogP contribution in [0.1, 0.15) is 126 Å². The number of aryl methyl sites for hydroxylation is 1. The van der Waals surface area contributed by atoms with Crippen LogP contribution in [-0.2, 0) is 43.2 Å². The second kappa shape index (κ2) is 19.4. The topological polar surface area (TPSA) is 133 Å². The zero-order valence-corrected chi connectivity index (χ0v) is 41.8. The fourth-order valence-corrected chi connectivity index (χ4v) is 15.4.